The summed E-state index contributed by atoms with van der Waals surface area (Å²) in [5.74, 6) is -0.0662. The third-order valence-electron chi connectivity index (χ3n) is 2.74. The molecule has 0 spiro atoms. The molecule has 0 amide bonds. The van der Waals surface area contributed by atoms with Crippen LogP contribution in [0.2, 0.25) is 0 Å². The third-order valence-corrected chi connectivity index (χ3v) is 3.35. The standard InChI is InChI=1S/C13H15BrN4O/c1-4-18-8-11(14)12(16-18)5-6-13(19)10-7-17(3)15-9(10)2/h5-8H,4H2,1-3H3/b6-5+. The highest BCUT2D eigenvalue weighted by Crippen LogP contribution is 2.17. The molecule has 0 N–H and O–H groups in total. The van der Waals surface area contributed by atoms with Gasteiger partial charge in [-0.3, -0.25) is 14.2 Å². The minimum absolute atomic E-state index is 0.0662. The Bertz CT molecular complexity index is 639. The highest BCUT2D eigenvalue weighted by molar-refractivity contribution is 9.10. The highest BCUT2D eigenvalue weighted by atomic mass is 79.9. The fraction of sp³-hybridized carbons (Fsp3) is 0.308. The first-order valence-corrected chi connectivity index (χ1v) is 6.76. The van der Waals surface area contributed by atoms with Crippen LogP contribution in [0.3, 0.4) is 0 Å². The van der Waals surface area contributed by atoms with Gasteiger partial charge in [-0.1, -0.05) is 0 Å². The van der Waals surface area contributed by atoms with Gasteiger partial charge < -0.3 is 0 Å². The molecule has 0 bridgehead atoms. The Morgan fingerprint density at radius 2 is 2.16 bits per heavy atom. The van der Waals surface area contributed by atoms with E-state index in [1.165, 1.54) is 6.08 Å². The second kappa shape index (κ2) is 5.52. The van der Waals surface area contributed by atoms with E-state index >= 15 is 0 Å². The fourth-order valence-electron chi connectivity index (χ4n) is 1.77. The number of halogens is 1. The molecule has 0 aliphatic rings. The first-order valence-electron chi connectivity index (χ1n) is 5.97. The number of ketones is 1. The Labute approximate surface area is 120 Å². The SMILES string of the molecule is CCn1cc(Br)c(/C=C/C(=O)c2cn(C)nc2C)n1. The van der Waals surface area contributed by atoms with E-state index in [1.54, 1.807) is 24.0 Å². The molecule has 2 heterocycles. The average molecular weight is 323 g/mol. The Hall–Kier alpha value is -1.69. The number of hydrogen-bond donors (Lipinski definition) is 0. The molecule has 100 valence electrons. The molecule has 0 atom stereocenters. The Balaban J connectivity index is 2.20. The molecule has 2 rings (SSSR count). The van der Waals surface area contributed by atoms with Gasteiger partial charge in [0.15, 0.2) is 5.78 Å². The van der Waals surface area contributed by atoms with Gasteiger partial charge >= 0.3 is 0 Å². The van der Waals surface area contributed by atoms with Gasteiger partial charge in [-0.25, -0.2) is 0 Å². The van der Waals surface area contributed by atoms with Crippen LogP contribution in [-0.4, -0.2) is 25.3 Å². The van der Waals surface area contributed by atoms with E-state index in [-0.39, 0.29) is 5.78 Å². The molecule has 0 aliphatic heterocycles. The van der Waals surface area contributed by atoms with Crippen LogP contribution in [0.15, 0.2) is 22.9 Å². The molecular formula is C13H15BrN4O. The van der Waals surface area contributed by atoms with E-state index in [4.69, 9.17) is 0 Å². The predicted molar refractivity (Wildman–Crippen MR) is 76.9 cm³/mol. The number of carbonyl (C=O) groups is 1. The number of aromatic nitrogens is 4. The van der Waals surface area contributed by atoms with E-state index in [0.29, 0.717) is 5.56 Å². The lowest BCUT2D eigenvalue weighted by Gasteiger charge is -1.92. The number of nitrogens with zero attached hydrogens (tertiary/aromatic N) is 4. The van der Waals surface area contributed by atoms with Gasteiger partial charge in [-0.15, -0.1) is 0 Å². The smallest absolute Gasteiger partial charge is 0.189 e. The maximum absolute atomic E-state index is 12.0. The van der Waals surface area contributed by atoms with Crippen molar-refractivity contribution in [3.8, 4) is 0 Å². The van der Waals surface area contributed by atoms with Crippen molar-refractivity contribution < 1.29 is 4.79 Å². The average Bonchev–Trinajstić information content (AvgIpc) is 2.89. The third kappa shape index (κ3) is 3.01. The minimum Gasteiger partial charge on any atom is -0.289 e. The van der Waals surface area contributed by atoms with Crippen molar-refractivity contribution in [2.24, 2.45) is 7.05 Å². The maximum atomic E-state index is 12.0. The van der Waals surface area contributed by atoms with Crippen LogP contribution in [0.4, 0.5) is 0 Å². The van der Waals surface area contributed by atoms with E-state index in [0.717, 1.165) is 22.4 Å². The first kappa shape index (κ1) is 13.7. The van der Waals surface area contributed by atoms with E-state index < -0.39 is 0 Å². The van der Waals surface area contributed by atoms with Crippen molar-refractivity contribution in [2.45, 2.75) is 20.4 Å². The Morgan fingerprint density at radius 3 is 2.68 bits per heavy atom. The van der Waals surface area contributed by atoms with Crippen LogP contribution in [0.1, 0.15) is 28.7 Å². The zero-order valence-electron chi connectivity index (χ0n) is 11.1. The van der Waals surface area contributed by atoms with E-state index in [1.807, 2.05) is 24.7 Å². The molecule has 5 nitrogen and oxygen atoms in total. The largest absolute Gasteiger partial charge is 0.289 e. The summed E-state index contributed by atoms with van der Waals surface area (Å²) in [6.45, 7) is 4.63. The van der Waals surface area contributed by atoms with Crippen LogP contribution < -0.4 is 0 Å². The van der Waals surface area contributed by atoms with Gasteiger partial charge in [0.2, 0.25) is 0 Å². The van der Waals surface area contributed by atoms with Crippen molar-refractivity contribution in [1.29, 1.82) is 0 Å². The van der Waals surface area contributed by atoms with Crippen molar-refractivity contribution >= 4 is 27.8 Å². The first-order chi connectivity index (χ1) is 9.01. The Morgan fingerprint density at radius 1 is 1.42 bits per heavy atom. The summed E-state index contributed by atoms with van der Waals surface area (Å²) in [7, 11) is 1.80. The summed E-state index contributed by atoms with van der Waals surface area (Å²) in [5.41, 5.74) is 2.09. The minimum atomic E-state index is -0.0662. The normalized spacial score (nSPS) is 11.4. The molecule has 0 fully saturated rings. The maximum Gasteiger partial charge on any atom is 0.189 e. The molecule has 0 aromatic carbocycles. The molecule has 2 aromatic heterocycles. The fourth-order valence-corrected chi connectivity index (χ4v) is 2.22. The van der Waals surface area contributed by atoms with Gasteiger partial charge in [0.1, 0.15) is 0 Å². The van der Waals surface area contributed by atoms with Crippen molar-refractivity contribution in [1.82, 2.24) is 19.6 Å². The highest BCUT2D eigenvalue weighted by Gasteiger charge is 2.10. The van der Waals surface area contributed by atoms with Gasteiger partial charge in [0, 0.05) is 26.0 Å². The van der Waals surface area contributed by atoms with Crippen molar-refractivity contribution in [3.05, 3.63) is 39.9 Å². The molecular weight excluding hydrogens is 308 g/mol. The molecule has 2 aromatic rings. The van der Waals surface area contributed by atoms with Gasteiger partial charge in [-0.2, -0.15) is 10.2 Å². The molecule has 0 saturated heterocycles. The summed E-state index contributed by atoms with van der Waals surface area (Å²) < 4.78 is 4.32. The van der Waals surface area contributed by atoms with E-state index in [2.05, 4.69) is 26.1 Å². The molecule has 0 radical (unpaired) electrons. The molecule has 0 saturated carbocycles. The summed E-state index contributed by atoms with van der Waals surface area (Å²) >= 11 is 3.42. The van der Waals surface area contributed by atoms with Crippen LogP contribution in [-0.2, 0) is 13.6 Å². The molecule has 19 heavy (non-hydrogen) atoms. The van der Waals surface area contributed by atoms with Crippen molar-refractivity contribution in [2.75, 3.05) is 0 Å². The lowest BCUT2D eigenvalue weighted by Crippen LogP contribution is -1.96. The van der Waals surface area contributed by atoms with Gasteiger partial charge in [-0.05, 0) is 41.9 Å². The number of carbonyl (C=O) groups excluding carboxylic acids is 1. The van der Waals surface area contributed by atoms with Gasteiger partial charge in [0.25, 0.3) is 0 Å². The quantitative estimate of drug-likeness (QED) is 0.642. The lowest BCUT2D eigenvalue weighted by atomic mass is 10.1. The van der Waals surface area contributed by atoms with Crippen LogP contribution in [0.5, 0.6) is 0 Å². The molecule has 0 aliphatic carbocycles. The monoisotopic (exact) mass is 322 g/mol. The summed E-state index contributed by atoms with van der Waals surface area (Å²) in [5, 5.41) is 8.49. The number of rotatable bonds is 4. The number of hydrogen-bond acceptors (Lipinski definition) is 3. The van der Waals surface area contributed by atoms with Gasteiger partial charge in [0.05, 0.1) is 21.4 Å². The number of aryl methyl sites for hydroxylation is 3. The summed E-state index contributed by atoms with van der Waals surface area (Å²) in [4.78, 5) is 12.0. The zero-order chi connectivity index (χ0) is 14.0. The van der Waals surface area contributed by atoms with Crippen LogP contribution in [0, 0.1) is 6.92 Å². The Kier molecular flexibility index (Phi) is 3.99. The second-order valence-corrected chi connectivity index (χ2v) is 5.07. The summed E-state index contributed by atoms with van der Waals surface area (Å²) in [6, 6.07) is 0. The molecule has 6 heteroatoms. The molecule has 0 unspecified atom stereocenters. The zero-order valence-corrected chi connectivity index (χ0v) is 12.7. The topological polar surface area (TPSA) is 52.7 Å². The second-order valence-electron chi connectivity index (χ2n) is 4.22. The predicted octanol–water partition coefficient (Wildman–Crippen LogP) is 2.60. The van der Waals surface area contributed by atoms with Crippen LogP contribution >= 0.6 is 15.9 Å². The van der Waals surface area contributed by atoms with E-state index in [9.17, 15) is 4.79 Å². The lowest BCUT2D eigenvalue weighted by molar-refractivity contribution is 0.104. The summed E-state index contributed by atoms with van der Waals surface area (Å²) in [6.07, 6.45) is 6.85. The van der Waals surface area contributed by atoms with Crippen LogP contribution in [0.25, 0.3) is 6.08 Å². The number of allylic oxidation sites excluding steroid dienone is 1. The van der Waals surface area contributed by atoms with Crippen molar-refractivity contribution in [3.63, 3.8) is 0 Å².